The largest absolute Gasteiger partial charge is 0.0795 e. The minimum absolute atomic E-state index is 0.0511. The molecule has 0 heteroatoms. The second-order valence-corrected chi connectivity index (χ2v) is 42.9. The molecule has 0 heterocycles. The SMILES string of the molecule is Cc1ccc2c(c1)C(c1ccc3c(c1)C(C)(C)c1ccccc1-3)=C1C2=C(c2ccc3c(c2)C(C)(C)c2ccccc2-3)c2cc(C)ccc21.Cc1ccc2c(c1)C(c1ccc3c4c(cccc14)CC=C3)=C1C2=C(c2ccc3c4c(cccc24)C=CC3)c2cc(C)ccc21.Cc1ccc2c(c1)C(c1ccc3ccc4cccc5ccc1c3c45)=C1C2=C(c2cc3cccc4ccc5cccc2c5c43)c2cc(C)ccc21. The number of hydrogen-bond donors (Lipinski definition) is 0. The molecule has 0 spiro atoms. The summed E-state index contributed by atoms with van der Waals surface area (Å²) < 4.78 is 0. The molecular weight excluding hydrogens is 1710 g/mol. The first-order chi connectivity index (χ1) is 69.4. The lowest BCUT2D eigenvalue weighted by molar-refractivity contribution is 0.660. The van der Waals surface area contributed by atoms with Gasteiger partial charge in [-0.1, -0.05) is 431 Å². The van der Waals surface area contributed by atoms with Crippen LogP contribution in [0.3, 0.4) is 0 Å². The number of benzene rings is 22. The average molecular weight is 1800 g/mol. The predicted octanol–water partition coefficient (Wildman–Crippen LogP) is 36.5. The average Bonchev–Trinajstić information content (AvgIpc) is 1.52. The number of rotatable bonds is 6. The minimum Gasteiger partial charge on any atom is -0.0795 e. The fourth-order valence-corrected chi connectivity index (χ4v) is 27.7. The molecule has 142 heavy (non-hydrogen) atoms. The Labute approximate surface area is 828 Å². The highest BCUT2D eigenvalue weighted by atomic mass is 14.5. The topological polar surface area (TPSA) is 0 Å². The van der Waals surface area contributed by atoms with Gasteiger partial charge in [0.25, 0.3) is 0 Å². The maximum absolute atomic E-state index is 2.51. The lowest BCUT2D eigenvalue weighted by atomic mass is 9.81. The van der Waals surface area contributed by atoms with Crippen LogP contribution in [0.2, 0.25) is 0 Å². The van der Waals surface area contributed by atoms with Crippen molar-refractivity contribution in [3.05, 3.63) is 554 Å². The summed E-state index contributed by atoms with van der Waals surface area (Å²) in [5.74, 6) is 0. The molecule has 0 saturated heterocycles. The zero-order chi connectivity index (χ0) is 94.6. The molecule has 0 N–H and O–H groups in total. The summed E-state index contributed by atoms with van der Waals surface area (Å²) in [6.45, 7) is 22.9. The van der Waals surface area contributed by atoms with Gasteiger partial charge in [0.15, 0.2) is 0 Å². The van der Waals surface area contributed by atoms with Gasteiger partial charge in [0.1, 0.15) is 0 Å². The molecule has 0 bridgehead atoms. The Morgan fingerprint density at radius 1 is 0.169 bits per heavy atom. The third-order valence-corrected chi connectivity index (χ3v) is 34.0. The predicted molar refractivity (Wildman–Crippen MR) is 604 cm³/mol. The van der Waals surface area contributed by atoms with E-state index < -0.39 is 0 Å². The van der Waals surface area contributed by atoms with Crippen LogP contribution in [0.5, 0.6) is 0 Å². The van der Waals surface area contributed by atoms with Crippen LogP contribution in [-0.4, -0.2) is 0 Å². The highest BCUT2D eigenvalue weighted by molar-refractivity contribution is 6.41. The summed E-state index contributed by atoms with van der Waals surface area (Å²) in [6.07, 6.45) is 11.2. The van der Waals surface area contributed by atoms with E-state index >= 15 is 0 Å². The van der Waals surface area contributed by atoms with Gasteiger partial charge in [-0.15, -0.1) is 0 Å². The summed E-state index contributed by atoms with van der Waals surface area (Å²) in [5, 5.41) is 21.5. The first-order valence-corrected chi connectivity index (χ1v) is 50.8. The Balaban J connectivity index is 0.0000000999. The van der Waals surface area contributed by atoms with E-state index in [1.165, 1.54) is 353 Å². The molecule has 10 aliphatic carbocycles. The van der Waals surface area contributed by atoms with Crippen molar-refractivity contribution in [1.29, 1.82) is 0 Å². The van der Waals surface area contributed by atoms with Crippen LogP contribution in [-0.2, 0) is 23.7 Å². The Morgan fingerprint density at radius 2 is 0.465 bits per heavy atom. The van der Waals surface area contributed by atoms with Gasteiger partial charge >= 0.3 is 0 Å². The molecule has 32 rings (SSSR count). The normalized spacial score (nSPS) is 15.4. The summed E-state index contributed by atoms with van der Waals surface area (Å²) in [4.78, 5) is 0. The van der Waals surface area contributed by atoms with Crippen molar-refractivity contribution in [3.63, 3.8) is 0 Å². The lowest BCUT2D eigenvalue weighted by Gasteiger charge is -2.22. The van der Waals surface area contributed by atoms with E-state index in [2.05, 4.69) is 458 Å². The lowest BCUT2D eigenvalue weighted by Crippen LogP contribution is -2.15. The fraction of sp³-hybridized carbons (Fsp3) is 0.0986. The quantitative estimate of drug-likeness (QED) is 0.146. The standard InChI is InChI=1S/C50H30.C48H38.C44H30/c1-27-12-20-38-40(24-27)47(37-23-19-33-17-15-29-6-3-7-31-18-22-36(37)46(33)43(29)31)49-39-21-13-28(2)25-41(39)48(50(38)49)42-26-34-10-4-8-30-14-16-32-9-5-11-35(42)45(32)44(30)34;1-27-15-19-35-37(23-27)43(29-17-21-33-31-11-7-9-13-39(31)47(3,4)41(33)25-29)46-36-20-16-28(2)24-38(36)44(45(35)46)30-18-22-34-32-12-8-10-14-40(32)48(5,6)42(34)26-30;1-25-15-19-35-37(23-25)41(33-21-17-29-9-3-7-27-11-5-13-31(33)39(27)29)44-36-20-16-26(2)24-38(36)42(43(35)44)34-22-18-30-10-4-8-28-12-6-14-32(34)40(28)30/h3-26H,1-2H3;7-26H,1-6H3;3-7,10-24H,8-9H2,1-2H3. The molecule has 0 amide bonds. The maximum Gasteiger partial charge on any atom is 0.0159 e. The molecular formula is C142H98. The smallest absolute Gasteiger partial charge is 0.0159 e. The number of hydrogen-bond acceptors (Lipinski definition) is 0. The Bertz CT molecular complexity index is 9610. The molecule has 666 valence electrons. The first kappa shape index (κ1) is 81.4. The van der Waals surface area contributed by atoms with E-state index in [1.54, 1.807) is 0 Å². The molecule has 0 aromatic heterocycles. The van der Waals surface area contributed by atoms with Crippen molar-refractivity contribution in [2.24, 2.45) is 0 Å². The molecule has 0 radical (unpaired) electrons. The summed E-state index contributed by atoms with van der Waals surface area (Å²) in [6, 6.07) is 140. The van der Waals surface area contributed by atoms with E-state index in [9.17, 15) is 0 Å². The van der Waals surface area contributed by atoms with Gasteiger partial charge in [-0.2, -0.15) is 0 Å². The third-order valence-electron chi connectivity index (χ3n) is 34.0. The van der Waals surface area contributed by atoms with E-state index in [4.69, 9.17) is 0 Å². The van der Waals surface area contributed by atoms with Gasteiger partial charge in [0.05, 0.1) is 0 Å². The fourth-order valence-electron chi connectivity index (χ4n) is 27.7. The van der Waals surface area contributed by atoms with Crippen LogP contribution in [0, 0.1) is 41.5 Å². The van der Waals surface area contributed by atoms with Crippen LogP contribution in [0.15, 0.2) is 376 Å². The Morgan fingerprint density at radius 3 is 0.915 bits per heavy atom. The molecule has 10 aliphatic rings. The van der Waals surface area contributed by atoms with Crippen LogP contribution < -0.4 is 0 Å². The zero-order valence-electron chi connectivity index (χ0n) is 81.4. The molecule has 22 aromatic carbocycles. The summed E-state index contributed by atoms with van der Waals surface area (Å²) >= 11 is 0. The third kappa shape index (κ3) is 11.2. The molecule has 0 unspecified atom stereocenters. The number of fused-ring (bicyclic) bond motifs is 21. The van der Waals surface area contributed by atoms with Crippen molar-refractivity contribution >= 4 is 165 Å². The van der Waals surface area contributed by atoms with E-state index in [0.29, 0.717) is 0 Å². The van der Waals surface area contributed by atoms with Crippen LogP contribution in [0.4, 0.5) is 0 Å². The highest BCUT2D eigenvalue weighted by Gasteiger charge is 2.46. The van der Waals surface area contributed by atoms with E-state index in [-0.39, 0.29) is 10.8 Å². The molecule has 0 fully saturated rings. The Kier molecular flexibility index (Phi) is 16.9. The number of aryl methyl sites for hydroxylation is 6. The van der Waals surface area contributed by atoms with Crippen molar-refractivity contribution < 1.29 is 0 Å². The van der Waals surface area contributed by atoms with Crippen molar-refractivity contribution in [2.45, 2.75) is 92.9 Å². The minimum atomic E-state index is -0.0511. The molecule has 0 aliphatic heterocycles. The molecule has 0 nitrogen and oxygen atoms in total. The zero-order valence-corrected chi connectivity index (χ0v) is 81.4. The van der Waals surface area contributed by atoms with E-state index in [0.717, 1.165) is 12.8 Å². The van der Waals surface area contributed by atoms with Crippen molar-refractivity contribution in [2.75, 3.05) is 0 Å². The monoisotopic (exact) mass is 1800 g/mol. The van der Waals surface area contributed by atoms with Gasteiger partial charge in [0.2, 0.25) is 0 Å². The van der Waals surface area contributed by atoms with Gasteiger partial charge in [0, 0.05) is 10.8 Å². The van der Waals surface area contributed by atoms with Gasteiger partial charge in [-0.05, 0) is 393 Å². The summed E-state index contributed by atoms with van der Waals surface area (Å²) in [7, 11) is 0. The van der Waals surface area contributed by atoms with Crippen LogP contribution in [0.25, 0.3) is 187 Å². The molecule has 0 atom stereocenters. The number of allylic oxidation sites excluding steroid dienone is 8. The first-order valence-electron chi connectivity index (χ1n) is 50.8. The Hall–Kier alpha value is -16.6. The van der Waals surface area contributed by atoms with E-state index in [1.807, 2.05) is 0 Å². The maximum atomic E-state index is 2.51. The van der Waals surface area contributed by atoms with Crippen LogP contribution in [0.1, 0.15) is 206 Å². The van der Waals surface area contributed by atoms with Crippen molar-refractivity contribution in [3.8, 4) is 22.3 Å². The van der Waals surface area contributed by atoms with Crippen LogP contribution >= 0.6 is 0 Å². The highest BCUT2D eigenvalue weighted by Crippen LogP contribution is 2.66. The van der Waals surface area contributed by atoms with Gasteiger partial charge in [-0.25, -0.2) is 0 Å². The molecule has 22 aromatic rings. The van der Waals surface area contributed by atoms with Crippen molar-refractivity contribution in [1.82, 2.24) is 0 Å². The second kappa shape index (κ2) is 29.5. The second-order valence-electron chi connectivity index (χ2n) is 42.9. The summed E-state index contributed by atoms with van der Waals surface area (Å²) in [5.41, 5.74) is 64.9. The van der Waals surface area contributed by atoms with Gasteiger partial charge < -0.3 is 0 Å². The molecule has 0 saturated carbocycles. The van der Waals surface area contributed by atoms with Gasteiger partial charge in [-0.3, -0.25) is 0 Å².